The van der Waals surface area contributed by atoms with Gasteiger partial charge in [0.05, 0.1) is 36.7 Å². The van der Waals surface area contributed by atoms with Gasteiger partial charge in [-0.2, -0.15) is 9.61 Å². The van der Waals surface area contributed by atoms with Crippen molar-refractivity contribution in [3.8, 4) is 11.3 Å². The van der Waals surface area contributed by atoms with Crippen molar-refractivity contribution in [2.45, 2.75) is 63.1 Å². The summed E-state index contributed by atoms with van der Waals surface area (Å²) in [5.41, 5.74) is 5.95. The van der Waals surface area contributed by atoms with Crippen LogP contribution in [0, 0.1) is 0 Å². The van der Waals surface area contributed by atoms with Crippen LogP contribution >= 0.6 is 0 Å². The van der Waals surface area contributed by atoms with Gasteiger partial charge in [0, 0.05) is 56.2 Å². The Morgan fingerprint density at radius 3 is 2.48 bits per heavy atom. The number of methoxy groups -OCH3 is 1. The Hall–Kier alpha value is -5.06. The molecule has 0 aliphatic heterocycles. The zero-order chi connectivity index (χ0) is 32.6. The first-order valence-electron chi connectivity index (χ1n) is 16.6. The fourth-order valence-corrected chi connectivity index (χ4v) is 6.87. The molecule has 2 fully saturated rings. The van der Waals surface area contributed by atoms with E-state index in [0.717, 1.165) is 53.8 Å². The molecule has 0 radical (unpaired) electrons. The van der Waals surface area contributed by atoms with Crippen molar-refractivity contribution in [1.29, 1.82) is 0 Å². The number of fused-ring (bicyclic) bond motifs is 2. The van der Waals surface area contributed by atoms with Crippen LogP contribution in [0.15, 0.2) is 97.5 Å². The summed E-state index contributed by atoms with van der Waals surface area (Å²) in [6.45, 7) is 1.28. The number of nitrogens with one attached hydrogen (secondary N) is 1. The maximum absolute atomic E-state index is 13.6. The Kier molecular flexibility index (Phi) is 8.11. The van der Waals surface area contributed by atoms with Gasteiger partial charge in [-0.1, -0.05) is 60.7 Å². The fourth-order valence-electron chi connectivity index (χ4n) is 6.87. The standard InChI is InChI=1S/C38H39N7O3/c1-43(22-25-10-5-3-6-11-25)35-20-33(41-37-30(21-40-45(35)37)38(46)42-32-15-16-34(32)47-2)31-23-44(36-29(31)14-9-17-39-36)27-18-28(19-27)48-24-26-12-7-4-8-13-26/h3-14,17,20-21,23,27-28,32,34H,15-16,18-19,22,24H2,1-2H3,(H,42,46)/t27-,28+,32?,34-/m1/s1. The molecule has 2 atom stereocenters. The molecule has 1 N–H and O–H groups in total. The van der Waals surface area contributed by atoms with Gasteiger partial charge in [-0.05, 0) is 48.9 Å². The predicted octanol–water partition coefficient (Wildman–Crippen LogP) is 6.21. The van der Waals surface area contributed by atoms with E-state index in [1.165, 1.54) is 11.1 Å². The van der Waals surface area contributed by atoms with Gasteiger partial charge in [0.2, 0.25) is 0 Å². The monoisotopic (exact) mass is 641 g/mol. The van der Waals surface area contributed by atoms with E-state index >= 15 is 0 Å². The summed E-state index contributed by atoms with van der Waals surface area (Å²) < 4.78 is 15.8. The predicted molar refractivity (Wildman–Crippen MR) is 185 cm³/mol. The van der Waals surface area contributed by atoms with Crippen LogP contribution in [0.4, 0.5) is 5.82 Å². The number of pyridine rings is 1. The Balaban J connectivity index is 1.14. The maximum atomic E-state index is 13.6. The Morgan fingerprint density at radius 1 is 0.979 bits per heavy atom. The molecule has 1 amide bonds. The Labute approximate surface area is 279 Å². The quantitative estimate of drug-likeness (QED) is 0.180. The van der Waals surface area contributed by atoms with Gasteiger partial charge in [0.25, 0.3) is 5.91 Å². The molecular formula is C38H39N7O3. The van der Waals surface area contributed by atoms with Crippen molar-refractivity contribution in [3.05, 3.63) is 114 Å². The summed E-state index contributed by atoms with van der Waals surface area (Å²) >= 11 is 0. The van der Waals surface area contributed by atoms with E-state index in [-0.39, 0.29) is 30.2 Å². The molecule has 0 saturated heterocycles. The van der Waals surface area contributed by atoms with E-state index in [9.17, 15) is 4.79 Å². The third-order valence-corrected chi connectivity index (χ3v) is 9.84. The smallest absolute Gasteiger partial charge is 0.257 e. The van der Waals surface area contributed by atoms with Crippen LogP contribution in [0.5, 0.6) is 0 Å². The van der Waals surface area contributed by atoms with E-state index in [0.29, 0.717) is 24.4 Å². The lowest BCUT2D eigenvalue weighted by molar-refractivity contribution is -0.0347. The normalized spacial score (nSPS) is 20.4. The van der Waals surface area contributed by atoms with Gasteiger partial charge in [-0.3, -0.25) is 4.79 Å². The summed E-state index contributed by atoms with van der Waals surface area (Å²) in [5.74, 6) is 0.636. The first kappa shape index (κ1) is 30.3. The summed E-state index contributed by atoms with van der Waals surface area (Å²) in [5, 5.41) is 8.85. The van der Waals surface area contributed by atoms with Crippen molar-refractivity contribution in [1.82, 2.24) is 29.5 Å². The first-order chi connectivity index (χ1) is 23.6. The third kappa shape index (κ3) is 5.71. The van der Waals surface area contributed by atoms with Gasteiger partial charge < -0.3 is 24.3 Å². The average Bonchev–Trinajstić information content (AvgIpc) is 3.69. The molecule has 2 aliphatic rings. The van der Waals surface area contributed by atoms with Crippen LogP contribution in [0.25, 0.3) is 27.9 Å². The second-order valence-electron chi connectivity index (χ2n) is 12.9. The van der Waals surface area contributed by atoms with Crippen LogP contribution in [0.3, 0.4) is 0 Å². The summed E-state index contributed by atoms with van der Waals surface area (Å²) in [6.07, 6.45) is 9.52. The Morgan fingerprint density at radius 2 is 1.75 bits per heavy atom. The van der Waals surface area contributed by atoms with Gasteiger partial charge in [-0.15, -0.1) is 0 Å². The first-order valence-corrected chi connectivity index (χ1v) is 16.6. The summed E-state index contributed by atoms with van der Waals surface area (Å²) in [4.78, 5) is 25.7. The van der Waals surface area contributed by atoms with Crippen LogP contribution < -0.4 is 10.2 Å². The lowest BCUT2D eigenvalue weighted by Gasteiger charge is -2.36. The number of aromatic nitrogens is 5. The van der Waals surface area contributed by atoms with E-state index < -0.39 is 0 Å². The molecule has 4 aromatic heterocycles. The van der Waals surface area contributed by atoms with Crippen molar-refractivity contribution in [3.63, 3.8) is 0 Å². The van der Waals surface area contributed by atoms with E-state index in [1.54, 1.807) is 17.8 Å². The van der Waals surface area contributed by atoms with Gasteiger partial charge in [-0.25, -0.2) is 9.97 Å². The lowest BCUT2D eigenvalue weighted by Crippen LogP contribution is -2.51. The number of nitrogens with zero attached hydrogens (tertiary/aromatic N) is 6. The highest BCUT2D eigenvalue weighted by Crippen LogP contribution is 2.40. The molecule has 48 heavy (non-hydrogen) atoms. The minimum atomic E-state index is -0.196. The second kappa shape index (κ2) is 12.9. The lowest BCUT2D eigenvalue weighted by atomic mass is 9.89. The maximum Gasteiger partial charge on any atom is 0.257 e. The zero-order valence-corrected chi connectivity index (χ0v) is 27.2. The van der Waals surface area contributed by atoms with Gasteiger partial charge in [0.15, 0.2) is 5.65 Å². The van der Waals surface area contributed by atoms with E-state index in [2.05, 4.69) is 62.5 Å². The molecule has 10 nitrogen and oxygen atoms in total. The molecule has 2 saturated carbocycles. The highest BCUT2D eigenvalue weighted by atomic mass is 16.5. The van der Waals surface area contributed by atoms with Crippen LogP contribution in [-0.4, -0.2) is 62.5 Å². The summed E-state index contributed by atoms with van der Waals surface area (Å²) in [6, 6.07) is 27.0. The third-order valence-electron chi connectivity index (χ3n) is 9.84. The van der Waals surface area contributed by atoms with Crippen molar-refractivity contribution in [2.75, 3.05) is 19.1 Å². The number of anilines is 1. The van der Waals surface area contributed by atoms with Crippen molar-refractivity contribution < 1.29 is 14.3 Å². The molecule has 1 unspecified atom stereocenters. The number of benzene rings is 2. The number of carbonyl (C=O) groups is 1. The summed E-state index contributed by atoms with van der Waals surface area (Å²) in [7, 11) is 3.73. The van der Waals surface area contributed by atoms with Crippen molar-refractivity contribution in [2.24, 2.45) is 0 Å². The minimum absolute atomic E-state index is 0.0205. The average molecular weight is 642 g/mol. The van der Waals surface area contributed by atoms with Crippen LogP contribution in [0.1, 0.15) is 53.2 Å². The number of hydrogen-bond acceptors (Lipinski definition) is 7. The molecule has 10 heteroatoms. The molecular weight excluding hydrogens is 602 g/mol. The molecule has 244 valence electrons. The highest BCUT2D eigenvalue weighted by Gasteiger charge is 2.34. The largest absolute Gasteiger partial charge is 0.379 e. The molecule has 2 aliphatic carbocycles. The molecule has 6 aromatic rings. The SMILES string of the molecule is CO[C@@H]1CCC1NC(=O)c1cnn2c(N(C)Cc3ccccc3)cc(-c3cn([C@H]4C[C@@H](OCc5ccccc5)C4)c4ncccc34)nc12. The Bertz CT molecular complexity index is 2050. The van der Waals surface area contributed by atoms with Gasteiger partial charge in [0.1, 0.15) is 17.0 Å². The van der Waals surface area contributed by atoms with E-state index in [1.807, 2.05) is 55.7 Å². The molecule has 4 heterocycles. The minimum Gasteiger partial charge on any atom is -0.379 e. The fraction of sp³-hybridized carbons (Fsp3) is 0.316. The number of rotatable bonds is 11. The number of amides is 1. The number of ether oxygens (including phenoxy) is 2. The van der Waals surface area contributed by atoms with E-state index in [4.69, 9.17) is 19.4 Å². The topological polar surface area (TPSA) is 98.8 Å². The van der Waals surface area contributed by atoms with Gasteiger partial charge >= 0.3 is 0 Å². The zero-order valence-electron chi connectivity index (χ0n) is 27.2. The number of hydrogen-bond donors (Lipinski definition) is 1. The van der Waals surface area contributed by atoms with Crippen LogP contribution in [0.2, 0.25) is 0 Å². The molecule has 0 spiro atoms. The van der Waals surface area contributed by atoms with Crippen LogP contribution in [-0.2, 0) is 22.6 Å². The highest BCUT2D eigenvalue weighted by molar-refractivity contribution is 6.01. The second-order valence-corrected chi connectivity index (χ2v) is 12.9. The molecule has 0 bridgehead atoms. The molecule has 2 aromatic carbocycles. The molecule has 8 rings (SSSR count). The van der Waals surface area contributed by atoms with Crippen molar-refractivity contribution >= 4 is 28.4 Å². The number of carbonyl (C=O) groups excluding carboxylic acids is 1.